The molecule has 0 spiro atoms. The van der Waals surface area contributed by atoms with E-state index in [-0.39, 0.29) is 11.6 Å². The second kappa shape index (κ2) is 9.74. The third-order valence-electron chi connectivity index (χ3n) is 6.26. The van der Waals surface area contributed by atoms with Gasteiger partial charge in [0.05, 0.1) is 0 Å². The van der Waals surface area contributed by atoms with Crippen LogP contribution in [0, 0.1) is 0 Å². The molecule has 4 aromatic carbocycles. The Kier molecular flexibility index (Phi) is 6.34. The van der Waals surface area contributed by atoms with E-state index in [4.69, 9.17) is 15.3 Å². The second-order valence-electron chi connectivity index (χ2n) is 9.90. The average molecular weight is 479 g/mol. The molecule has 0 radical (unpaired) electrons. The molecule has 0 fully saturated rings. The van der Waals surface area contributed by atoms with E-state index >= 15 is 0 Å². The first-order valence-electron chi connectivity index (χ1n) is 12.0. The van der Waals surface area contributed by atoms with Crippen LogP contribution >= 0.6 is 0 Å². The first-order chi connectivity index (χ1) is 17.4. The van der Waals surface area contributed by atoms with Gasteiger partial charge in [-0.25, -0.2) is 0 Å². The summed E-state index contributed by atoms with van der Waals surface area (Å²) in [7, 11) is 0. The molecule has 5 rings (SSSR count). The topological polar surface area (TPSA) is 81.2 Å². The van der Waals surface area contributed by atoms with Crippen molar-refractivity contribution in [2.24, 2.45) is 16.0 Å². The zero-order valence-electron chi connectivity index (χ0n) is 20.7. The van der Waals surface area contributed by atoms with Gasteiger partial charge in [0.1, 0.15) is 6.61 Å². The van der Waals surface area contributed by atoms with E-state index in [0.29, 0.717) is 18.4 Å². The Bertz CT molecular complexity index is 1440. The fourth-order valence-corrected chi connectivity index (χ4v) is 4.18. The third-order valence-corrected chi connectivity index (χ3v) is 6.26. The van der Waals surface area contributed by atoms with Crippen LogP contribution in [0.4, 0.5) is 0 Å². The molecular formula is C30H30N4O2. The summed E-state index contributed by atoms with van der Waals surface area (Å²) in [5.41, 5.74) is 8.07. The zero-order valence-corrected chi connectivity index (χ0v) is 20.7. The van der Waals surface area contributed by atoms with E-state index in [9.17, 15) is 0 Å². The Morgan fingerprint density at radius 2 is 1.72 bits per heavy atom. The monoisotopic (exact) mass is 478 g/mol. The van der Waals surface area contributed by atoms with E-state index in [1.165, 1.54) is 16.3 Å². The molecule has 0 aliphatic carbocycles. The highest BCUT2D eigenvalue weighted by molar-refractivity contribution is 6.00. The molecule has 4 aromatic rings. The maximum Gasteiger partial charge on any atom is 0.240 e. The quantitative estimate of drug-likeness (QED) is 0.161. The minimum absolute atomic E-state index is 0.100. The number of fused-ring (bicyclic) bond motifs is 1. The molecular weight excluding hydrogens is 448 g/mol. The van der Waals surface area contributed by atoms with Crippen molar-refractivity contribution < 1.29 is 9.47 Å². The van der Waals surface area contributed by atoms with Gasteiger partial charge in [-0.15, -0.1) is 10.2 Å². The highest BCUT2D eigenvalue weighted by Gasteiger charge is 2.23. The average Bonchev–Trinajstić information content (AvgIpc) is 3.39. The maximum atomic E-state index is 6.12. The van der Waals surface area contributed by atoms with E-state index in [1.54, 1.807) is 0 Å². The molecule has 0 amide bonds. The number of nitrogens with two attached hydrogens (primary N) is 1. The van der Waals surface area contributed by atoms with Crippen LogP contribution in [0.1, 0.15) is 54.8 Å². The Morgan fingerprint density at radius 1 is 0.944 bits per heavy atom. The minimum Gasteiger partial charge on any atom is -0.471 e. The third kappa shape index (κ3) is 5.03. The molecule has 1 aliphatic heterocycles. The first-order valence-corrected chi connectivity index (χ1v) is 12.0. The van der Waals surface area contributed by atoms with Gasteiger partial charge >= 0.3 is 0 Å². The summed E-state index contributed by atoms with van der Waals surface area (Å²) >= 11 is 0. The fraction of sp³-hybridized carbons (Fsp3) is 0.200. The van der Waals surface area contributed by atoms with Crippen molar-refractivity contribution in [1.29, 1.82) is 0 Å². The standard InChI is InChI=1S/C30H30N4O2/c1-30(2,3)26-15-13-22(14-16-26)28-33-34-29(36-28)25-10-6-9-24(18-25)27(32-31)35-19-20-11-12-21-7-4-5-8-23(21)17-20/h4-18,28,33H,19,31H2,1-3H3/b32-27-. The van der Waals surface area contributed by atoms with Crippen molar-refractivity contribution in [2.75, 3.05) is 0 Å². The van der Waals surface area contributed by atoms with Crippen LogP contribution in [0.3, 0.4) is 0 Å². The molecule has 6 nitrogen and oxygen atoms in total. The summed E-state index contributed by atoms with van der Waals surface area (Å²) in [6.07, 6.45) is -0.343. The maximum absolute atomic E-state index is 6.12. The van der Waals surface area contributed by atoms with Crippen LogP contribution < -0.4 is 11.3 Å². The van der Waals surface area contributed by atoms with Gasteiger partial charge in [0, 0.05) is 16.7 Å². The number of ether oxygens (including phenoxy) is 2. The van der Waals surface area contributed by atoms with Crippen LogP contribution in [-0.2, 0) is 21.5 Å². The number of benzene rings is 4. The van der Waals surface area contributed by atoms with Crippen LogP contribution in [0.15, 0.2) is 101 Å². The van der Waals surface area contributed by atoms with Gasteiger partial charge in [-0.1, -0.05) is 87.5 Å². The summed E-state index contributed by atoms with van der Waals surface area (Å²) < 4.78 is 12.1. The fourth-order valence-electron chi connectivity index (χ4n) is 4.18. The van der Waals surface area contributed by atoms with Gasteiger partial charge in [-0.3, -0.25) is 5.43 Å². The summed E-state index contributed by atoms with van der Waals surface area (Å²) in [6, 6.07) is 30.6. The lowest BCUT2D eigenvalue weighted by molar-refractivity contribution is 0.191. The molecule has 1 aliphatic rings. The van der Waals surface area contributed by atoms with Gasteiger partial charge in [-0.2, -0.15) is 0 Å². The SMILES string of the molecule is CC(C)(C)c1ccc(C2NN=C(c3cccc(/C(=N/N)OCc4ccc5ccccc5c4)c3)O2)cc1. The van der Waals surface area contributed by atoms with Gasteiger partial charge in [0.15, 0.2) is 0 Å². The molecule has 0 saturated carbocycles. The van der Waals surface area contributed by atoms with E-state index in [0.717, 1.165) is 22.3 Å². The molecule has 1 atom stereocenters. The van der Waals surface area contributed by atoms with Crippen LogP contribution in [-0.4, -0.2) is 11.8 Å². The Balaban J connectivity index is 1.26. The van der Waals surface area contributed by atoms with Crippen LogP contribution in [0.2, 0.25) is 0 Å². The number of rotatable bonds is 5. The summed E-state index contributed by atoms with van der Waals surface area (Å²) in [4.78, 5) is 0. The largest absolute Gasteiger partial charge is 0.471 e. The molecule has 6 heteroatoms. The molecule has 182 valence electrons. The predicted molar refractivity (Wildman–Crippen MR) is 145 cm³/mol. The van der Waals surface area contributed by atoms with E-state index in [1.807, 2.05) is 42.5 Å². The van der Waals surface area contributed by atoms with Crippen molar-refractivity contribution in [1.82, 2.24) is 5.43 Å². The zero-order chi connectivity index (χ0) is 25.1. The molecule has 3 N–H and O–H groups in total. The summed E-state index contributed by atoms with van der Waals surface area (Å²) in [5, 5.41) is 10.7. The highest BCUT2D eigenvalue weighted by atomic mass is 16.5. The lowest BCUT2D eigenvalue weighted by Crippen LogP contribution is -2.15. The van der Waals surface area contributed by atoms with Crippen LogP contribution in [0.25, 0.3) is 10.8 Å². The van der Waals surface area contributed by atoms with E-state index in [2.05, 4.69) is 84.9 Å². The van der Waals surface area contributed by atoms with Gasteiger partial charge < -0.3 is 15.3 Å². The van der Waals surface area contributed by atoms with Crippen LogP contribution in [0.5, 0.6) is 0 Å². The second-order valence-corrected chi connectivity index (χ2v) is 9.90. The lowest BCUT2D eigenvalue weighted by Gasteiger charge is -2.20. The first kappa shape index (κ1) is 23.4. The Labute approximate surface area is 211 Å². The normalized spacial score (nSPS) is 15.8. The van der Waals surface area contributed by atoms with Gasteiger partial charge in [-0.05, 0) is 51.6 Å². The smallest absolute Gasteiger partial charge is 0.240 e. The highest BCUT2D eigenvalue weighted by Crippen LogP contribution is 2.27. The van der Waals surface area contributed by atoms with E-state index < -0.39 is 0 Å². The summed E-state index contributed by atoms with van der Waals surface area (Å²) in [5.74, 6) is 6.55. The number of nitrogens with one attached hydrogen (secondary N) is 1. The van der Waals surface area contributed by atoms with Crippen molar-refractivity contribution in [3.05, 3.63) is 119 Å². The Morgan fingerprint density at radius 3 is 2.47 bits per heavy atom. The number of hydrogen-bond acceptors (Lipinski definition) is 6. The molecule has 0 saturated heterocycles. The van der Waals surface area contributed by atoms with Gasteiger partial charge in [0.25, 0.3) is 0 Å². The molecule has 0 aromatic heterocycles. The van der Waals surface area contributed by atoms with Crippen molar-refractivity contribution >= 4 is 22.6 Å². The van der Waals surface area contributed by atoms with Crippen molar-refractivity contribution in [3.63, 3.8) is 0 Å². The summed E-state index contributed by atoms with van der Waals surface area (Å²) in [6.45, 7) is 6.96. The number of hydrazone groups is 2. The number of hydrogen-bond donors (Lipinski definition) is 2. The molecule has 1 heterocycles. The van der Waals surface area contributed by atoms with Crippen molar-refractivity contribution in [2.45, 2.75) is 39.0 Å². The lowest BCUT2D eigenvalue weighted by atomic mass is 9.86. The minimum atomic E-state index is -0.343. The van der Waals surface area contributed by atoms with Crippen molar-refractivity contribution in [3.8, 4) is 0 Å². The molecule has 36 heavy (non-hydrogen) atoms. The number of nitrogens with zero attached hydrogens (tertiary/aromatic N) is 2. The molecule has 0 bridgehead atoms. The Hall–Kier alpha value is -4.32. The predicted octanol–water partition coefficient (Wildman–Crippen LogP) is 5.95. The molecule has 1 unspecified atom stereocenters. The van der Waals surface area contributed by atoms with Gasteiger partial charge in [0.2, 0.25) is 18.0 Å².